The molecule has 14 nitrogen and oxygen atoms in total. The minimum atomic E-state index is -2.20. The predicted molar refractivity (Wildman–Crippen MR) is 253 cm³/mol. The summed E-state index contributed by atoms with van der Waals surface area (Å²) in [6.45, 7) is 37.6. The number of ether oxygens (including phenoxy) is 10. The van der Waals surface area contributed by atoms with E-state index in [2.05, 4.69) is 99.5 Å². The summed E-state index contributed by atoms with van der Waals surface area (Å²) < 4.78 is 82.1. The number of hydrogen-bond acceptors (Lipinski definition) is 14. The van der Waals surface area contributed by atoms with Crippen LogP contribution in [0.5, 0.6) is 0 Å². The number of fused-ring (bicyclic) bond motifs is 2. The normalized spacial score (nSPS) is 45.3. The van der Waals surface area contributed by atoms with Crippen molar-refractivity contribution in [3.05, 3.63) is 12.7 Å². The lowest BCUT2D eigenvalue weighted by molar-refractivity contribution is -0.323. The molecule has 0 saturated carbocycles. The van der Waals surface area contributed by atoms with Crippen LogP contribution >= 0.6 is 0 Å². The number of esters is 1. The molecule has 4 aliphatic rings. The van der Waals surface area contributed by atoms with Crippen molar-refractivity contribution in [3.8, 4) is 0 Å². The number of methoxy groups -OCH3 is 3. The van der Waals surface area contributed by atoms with Crippen molar-refractivity contribution >= 4 is 22.6 Å². The smallest absolute Gasteiger partial charge is 0.311 e. The fourth-order valence-corrected chi connectivity index (χ4v) is 13.6. The Morgan fingerprint density at radius 3 is 1.91 bits per heavy atom. The van der Waals surface area contributed by atoms with Crippen molar-refractivity contribution in [1.29, 1.82) is 0 Å². The quantitative estimate of drug-likeness (QED) is 0.0838. The van der Waals surface area contributed by atoms with Crippen molar-refractivity contribution < 1.29 is 61.0 Å². The molecule has 0 aromatic heterocycles. The van der Waals surface area contributed by atoms with Gasteiger partial charge in [0, 0.05) is 51.5 Å². The van der Waals surface area contributed by atoms with Gasteiger partial charge < -0.3 is 61.1 Å². The Morgan fingerprint density at radius 2 is 1.39 bits per heavy atom. The summed E-state index contributed by atoms with van der Waals surface area (Å²) in [5.41, 5.74) is -2.89. The molecular weight excluding hydrogens is 855 g/mol. The molecule has 0 spiro atoms. The highest BCUT2D eigenvalue weighted by molar-refractivity contribution is 6.70. The largest absolute Gasteiger partial charge is 0.459 e. The van der Waals surface area contributed by atoms with Gasteiger partial charge in [0.2, 0.25) is 0 Å². The highest BCUT2D eigenvalue weighted by atomic mass is 28.4. The van der Waals surface area contributed by atoms with E-state index in [0.29, 0.717) is 25.9 Å². The van der Waals surface area contributed by atoms with Crippen molar-refractivity contribution in [1.82, 2.24) is 4.90 Å². The van der Waals surface area contributed by atoms with Crippen LogP contribution in [0.2, 0.25) is 39.3 Å². The van der Waals surface area contributed by atoms with E-state index in [9.17, 15) is 0 Å². The number of rotatable bonds is 16. The zero-order valence-corrected chi connectivity index (χ0v) is 45.7. The molecule has 4 heterocycles. The molecule has 64 heavy (non-hydrogen) atoms. The fourth-order valence-electron chi connectivity index (χ4n) is 11.3. The third-order valence-electron chi connectivity index (χ3n) is 14.6. The maximum Gasteiger partial charge on any atom is 0.311 e. The summed E-state index contributed by atoms with van der Waals surface area (Å²) >= 11 is 0. The summed E-state index contributed by atoms with van der Waals surface area (Å²) in [6.07, 6.45) is -1.91. The lowest BCUT2D eigenvalue weighted by Gasteiger charge is -2.51. The molecule has 0 radical (unpaired) electrons. The van der Waals surface area contributed by atoms with E-state index in [1.165, 1.54) is 0 Å². The van der Waals surface area contributed by atoms with Crippen LogP contribution in [-0.4, -0.2) is 160 Å². The molecule has 0 N–H and O–H groups in total. The molecule has 4 fully saturated rings. The van der Waals surface area contributed by atoms with Gasteiger partial charge in [0.15, 0.2) is 35.0 Å². The van der Waals surface area contributed by atoms with Crippen LogP contribution in [0.3, 0.4) is 0 Å². The SMILES string of the molecule is C=CCO[C@H]1[C@H](C)O[C@@H](O[C@H]2[C@H](C)[C@@H](O[C@@H]3O[C@H](C)C[C@H](N(C)C)[C@H]3O[Si](C)(C)C)[C@](C)(OC)C[C@@H](C)[C@]3(OC)O[C@@](C)([C@H](O[Si](C)(C)C)[C@H]3C)[C@@H](CC)OC(=O)[C@@H]2C)C[C@@]1(C)OC. The van der Waals surface area contributed by atoms with Crippen LogP contribution < -0.4 is 0 Å². The second kappa shape index (κ2) is 21.4. The first-order valence-corrected chi connectivity index (χ1v) is 30.7. The monoisotopic (exact) mass is 946 g/mol. The first-order chi connectivity index (χ1) is 29.5. The highest BCUT2D eigenvalue weighted by Gasteiger charge is 2.67. The standard InChI is InChI=1S/C48H91NO13Si2/c1-23-25-54-42-34(8)56-37(28-46(42,10)52-15)58-38-31(5)40(59-44-39(60-63(17,18)19)35(49(12)13)26-30(4)55-44)45(9,51-14)27-29(3)48(53-16)33(7)41(61-64(20,21)22)47(11,62-48)36(24-2)57-43(50)32(38)6/h23,29-42,44H,1,24-28H2,2-22H3/t29-,30-,31+,32-,33-,34+,35+,36-,37+,38+,39-,40-,41-,42+,44+,45-,46-,47-,48+/m1/s1. The molecule has 19 atom stereocenters. The Labute approximate surface area is 389 Å². The Balaban J connectivity index is 1.97. The molecule has 4 rings (SSSR count). The Bertz CT molecular complexity index is 1530. The summed E-state index contributed by atoms with van der Waals surface area (Å²) in [6, 6.07) is 0.00997. The molecule has 374 valence electrons. The van der Waals surface area contributed by atoms with Crippen LogP contribution in [0.15, 0.2) is 12.7 Å². The molecule has 0 aliphatic carbocycles. The second-order valence-electron chi connectivity index (χ2n) is 22.2. The van der Waals surface area contributed by atoms with Gasteiger partial charge in [-0.1, -0.05) is 33.8 Å². The topological polar surface area (TPSA) is 131 Å². The Kier molecular flexibility index (Phi) is 18.7. The Hall–Kier alpha value is -0.836. The van der Waals surface area contributed by atoms with Gasteiger partial charge in [0.1, 0.15) is 23.9 Å². The molecule has 2 bridgehead atoms. The van der Waals surface area contributed by atoms with Crippen molar-refractivity contribution in [2.24, 2.45) is 23.7 Å². The van der Waals surface area contributed by atoms with E-state index < -0.39 is 112 Å². The molecule has 4 saturated heterocycles. The van der Waals surface area contributed by atoms with E-state index in [4.69, 9.17) is 56.2 Å². The third-order valence-corrected chi connectivity index (χ3v) is 16.5. The average molecular weight is 946 g/mol. The number of nitrogens with zero attached hydrogens (tertiary/aromatic N) is 1. The zero-order chi connectivity index (χ0) is 48.5. The van der Waals surface area contributed by atoms with Gasteiger partial charge in [-0.15, -0.1) is 6.58 Å². The van der Waals surface area contributed by atoms with Gasteiger partial charge >= 0.3 is 5.97 Å². The number of cyclic esters (lactones) is 1. The first-order valence-electron chi connectivity index (χ1n) is 23.9. The van der Waals surface area contributed by atoms with Crippen LogP contribution in [0.4, 0.5) is 0 Å². The van der Waals surface area contributed by atoms with Crippen molar-refractivity contribution in [2.45, 2.75) is 224 Å². The molecule has 0 aromatic rings. The number of hydrogen-bond donors (Lipinski definition) is 0. The van der Waals surface area contributed by atoms with Crippen molar-refractivity contribution in [2.75, 3.05) is 42.0 Å². The van der Waals surface area contributed by atoms with E-state index >= 15 is 4.79 Å². The zero-order valence-electron chi connectivity index (χ0n) is 43.7. The fraction of sp³-hybridized carbons (Fsp3) is 0.938. The molecule has 16 heteroatoms. The maximum absolute atomic E-state index is 15.1. The molecular formula is C48H91NO13Si2. The van der Waals surface area contributed by atoms with Gasteiger partial charge in [0.25, 0.3) is 0 Å². The number of carbonyl (C=O) groups excluding carboxylic acids is 1. The number of carbonyl (C=O) groups is 1. The summed E-state index contributed by atoms with van der Waals surface area (Å²) in [5.74, 6) is -3.49. The van der Waals surface area contributed by atoms with Crippen LogP contribution in [0.25, 0.3) is 0 Å². The highest BCUT2D eigenvalue weighted by Crippen LogP contribution is 2.54. The van der Waals surface area contributed by atoms with Gasteiger partial charge in [0.05, 0.1) is 54.2 Å². The van der Waals surface area contributed by atoms with E-state index in [1.807, 2.05) is 34.6 Å². The number of likely N-dealkylation sites (N-methyl/N-ethyl adjacent to an activating group) is 1. The lowest BCUT2D eigenvalue weighted by atomic mass is 9.73. The van der Waals surface area contributed by atoms with Crippen LogP contribution in [-0.2, 0) is 61.0 Å². The van der Waals surface area contributed by atoms with Crippen LogP contribution in [0.1, 0.15) is 94.9 Å². The second-order valence-corrected chi connectivity index (χ2v) is 31.1. The molecule has 0 amide bonds. The summed E-state index contributed by atoms with van der Waals surface area (Å²) in [7, 11) is 4.91. The van der Waals surface area contributed by atoms with Crippen LogP contribution in [0, 0.1) is 23.7 Å². The van der Waals surface area contributed by atoms with Gasteiger partial charge in [-0.25, -0.2) is 0 Å². The molecule has 0 aromatic carbocycles. The summed E-state index contributed by atoms with van der Waals surface area (Å²) in [5, 5.41) is 0. The molecule has 4 aliphatic heterocycles. The third kappa shape index (κ3) is 11.9. The predicted octanol–water partition coefficient (Wildman–Crippen LogP) is 8.18. The minimum Gasteiger partial charge on any atom is -0.459 e. The van der Waals surface area contributed by atoms with Gasteiger partial charge in [-0.2, -0.15) is 0 Å². The average Bonchev–Trinajstić information content (AvgIpc) is 3.41. The van der Waals surface area contributed by atoms with E-state index in [-0.39, 0.29) is 24.0 Å². The lowest BCUT2D eigenvalue weighted by Crippen LogP contribution is -2.62. The van der Waals surface area contributed by atoms with Gasteiger partial charge in [-0.3, -0.25) is 4.79 Å². The summed E-state index contributed by atoms with van der Waals surface area (Å²) in [4.78, 5) is 17.3. The Morgan fingerprint density at radius 1 is 0.797 bits per heavy atom. The minimum absolute atomic E-state index is 0.00997. The van der Waals surface area contributed by atoms with Crippen molar-refractivity contribution in [3.63, 3.8) is 0 Å². The maximum atomic E-state index is 15.1. The van der Waals surface area contributed by atoms with E-state index in [0.717, 1.165) is 6.42 Å². The van der Waals surface area contributed by atoms with E-state index in [1.54, 1.807) is 27.4 Å². The molecule has 0 unspecified atom stereocenters. The van der Waals surface area contributed by atoms with Gasteiger partial charge in [-0.05, 0) is 114 Å². The first kappa shape index (κ1) is 55.8.